The van der Waals surface area contributed by atoms with E-state index in [9.17, 15) is 18.4 Å². The summed E-state index contributed by atoms with van der Waals surface area (Å²) in [6.07, 6.45) is 0.416. The van der Waals surface area contributed by atoms with E-state index in [0.29, 0.717) is 17.3 Å². The van der Waals surface area contributed by atoms with E-state index < -0.39 is 17.0 Å². The van der Waals surface area contributed by atoms with Crippen molar-refractivity contribution in [3.05, 3.63) is 95.6 Å². The summed E-state index contributed by atoms with van der Waals surface area (Å²) in [6, 6.07) is 18.7. The number of methoxy groups -OCH3 is 1. The molecule has 188 valence electrons. The first-order valence-electron chi connectivity index (χ1n) is 11.5. The van der Waals surface area contributed by atoms with Crippen molar-refractivity contribution in [1.82, 2.24) is 5.01 Å². The smallest absolute Gasteiger partial charge is 0.262 e. The number of nitrogens with zero attached hydrogens (tertiary/aromatic N) is 3. The fraction of sp³-hybridized carbons (Fsp3) is 0.185. The molecule has 0 aliphatic carbocycles. The Morgan fingerprint density at radius 3 is 2.32 bits per heavy atom. The zero-order valence-electron chi connectivity index (χ0n) is 19.7. The molecule has 3 aromatic carbocycles. The van der Waals surface area contributed by atoms with Gasteiger partial charge in [-0.3, -0.25) is 9.59 Å². The molecule has 37 heavy (non-hydrogen) atoms. The third-order valence-corrected chi connectivity index (χ3v) is 7.15. The minimum Gasteiger partial charge on any atom is -0.497 e. The Morgan fingerprint density at radius 1 is 1.03 bits per heavy atom. The molecule has 2 unspecified atom stereocenters. The zero-order valence-corrected chi connectivity index (χ0v) is 20.5. The lowest BCUT2D eigenvalue weighted by molar-refractivity contribution is -0.121. The first-order chi connectivity index (χ1) is 17.9. The average Bonchev–Trinajstić information content (AvgIpc) is 3.50. The van der Waals surface area contributed by atoms with Crippen molar-refractivity contribution in [3.63, 3.8) is 0 Å². The molecule has 2 atom stereocenters. The highest BCUT2D eigenvalue weighted by molar-refractivity contribution is 8.15. The maximum absolute atomic E-state index is 13.6. The molecule has 0 saturated carbocycles. The Balaban J connectivity index is 1.35. The van der Waals surface area contributed by atoms with Crippen molar-refractivity contribution < 1.29 is 23.1 Å². The van der Waals surface area contributed by atoms with E-state index >= 15 is 0 Å². The van der Waals surface area contributed by atoms with E-state index in [1.165, 1.54) is 48.2 Å². The summed E-state index contributed by atoms with van der Waals surface area (Å²) in [4.78, 5) is 29.4. The molecule has 0 saturated heterocycles. The molecule has 2 aliphatic rings. The van der Waals surface area contributed by atoms with Gasteiger partial charge >= 0.3 is 0 Å². The highest BCUT2D eigenvalue weighted by Crippen LogP contribution is 2.38. The van der Waals surface area contributed by atoms with Gasteiger partial charge in [-0.25, -0.2) is 13.8 Å². The minimum absolute atomic E-state index is 0.0992. The molecule has 2 heterocycles. The van der Waals surface area contributed by atoms with E-state index in [0.717, 1.165) is 22.6 Å². The number of ether oxygens (including phenoxy) is 1. The number of amides is 2. The predicted molar refractivity (Wildman–Crippen MR) is 139 cm³/mol. The molecule has 0 aromatic heterocycles. The summed E-state index contributed by atoms with van der Waals surface area (Å²) in [5.74, 6) is -0.849. The molecule has 1 N–H and O–H groups in total. The highest BCUT2D eigenvalue weighted by atomic mass is 32.2. The number of hydrogen-bond acceptors (Lipinski definition) is 6. The summed E-state index contributed by atoms with van der Waals surface area (Å²) in [7, 11) is 1.59. The van der Waals surface area contributed by atoms with Gasteiger partial charge in [0.1, 0.15) is 22.6 Å². The van der Waals surface area contributed by atoms with Gasteiger partial charge in [0, 0.05) is 18.5 Å². The Labute approximate surface area is 216 Å². The molecule has 2 amide bonds. The van der Waals surface area contributed by atoms with Gasteiger partial charge in [-0.2, -0.15) is 10.1 Å². The topological polar surface area (TPSA) is 83.4 Å². The van der Waals surface area contributed by atoms with Crippen molar-refractivity contribution >= 4 is 40.1 Å². The largest absolute Gasteiger partial charge is 0.497 e. The van der Waals surface area contributed by atoms with Gasteiger partial charge < -0.3 is 10.1 Å². The van der Waals surface area contributed by atoms with Crippen LogP contribution in [0.5, 0.6) is 5.75 Å². The van der Waals surface area contributed by atoms with E-state index in [-0.39, 0.29) is 24.2 Å². The molecule has 0 radical (unpaired) electrons. The molecule has 0 spiro atoms. The first kappa shape index (κ1) is 24.6. The number of halogens is 2. The van der Waals surface area contributed by atoms with Gasteiger partial charge in [0.15, 0.2) is 5.17 Å². The first-order valence-corrected chi connectivity index (χ1v) is 12.4. The lowest BCUT2D eigenvalue weighted by Gasteiger charge is -2.23. The molecule has 5 rings (SSSR count). The second kappa shape index (κ2) is 10.5. The number of rotatable bonds is 6. The average molecular weight is 521 g/mol. The monoisotopic (exact) mass is 520 g/mol. The second-order valence-corrected chi connectivity index (χ2v) is 9.66. The quantitative estimate of drug-likeness (QED) is 0.486. The van der Waals surface area contributed by atoms with Crippen LogP contribution in [-0.4, -0.2) is 40.1 Å². The van der Waals surface area contributed by atoms with Gasteiger partial charge in [-0.15, -0.1) is 0 Å². The minimum atomic E-state index is -0.718. The van der Waals surface area contributed by atoms with Crippen LogP contribution in [0.25, 0.3) is 0 Å². The molecule has 2 aliphatic heterocycles. The molecule has 0 bridgehead atoms. The molecule has 3 aromatic rings. The Morgan fingerprint density at radius 2 is 1.68 bits per heavy atom. The number of amidine groups is 1. The maximum Gasteiger partial charge on any atom is 0.262 e. The number of thioether (sulfide) groups is 1. The van der Waals surface area contributed by atoms with Crippen LogP contribution >= 0.6 is 11.8 Å². The summed E-state index contributed by atoms with van der Waals surface area (Å²) < 4.78 is 32.0. The van der Waals surface area contributed by atoms with Crippen LogP contribution in [0.2, 0.25) is 0 Å². The summed E-state index contributed by atoms with van der Waals surface area (Å²) in [6.45, 7) is 0. The number of carbonyl (C=O) groups is 2. The van der Waals surface area contributed by atoms with Crippen molar-refractivity contribution in [2.45, 2.75) is 24.1 Å². The van der Waals surface area contributed by atoms with Crippen LogP contribution in [0, 0.1) is 11.6 Å². The van der Waals surface area contributed by atoms with Crippen molar-refractivity contribution in [1.29, 1.82) is 0 Å². The van der Waals surface area contributed by atoms with Crippen LogP contribution in [0.1, 0.15) is 30.0 Å². The number of hydrazone groups is 1. The van der Waals surface area contributed by atoms with E-state index in [2.05, 4.69) is 10.3 Å². The highest BCUT2D eigenvalue weighted by Gasteiger charge is 2.39. The number of anilines is 1. The Hall–Kier alpha value is -4.05. The predicted octanol–water partition coefficient (Wildman–Crippen LogP) is 5.15. The summed E-state index contributed by atoms with van der Waals surface area (Å²) >= 11 is 1.17. The molecule has 0 fully saturated rings. The van der Waals surface area contributed by atoms with Gasteiger partial charge in [-0.1, -0.05) is 23.9 Å². The second-order valence-electron chi connectivity index (χ2n) is 8.49. The van der Waals surface area contributed by atoms with Gasteiger partial charge in [0.25, 0.3) is 5.91 Å². The number of nitrogens with one attached hydrogen (secondary N) is 1. The van der Waals surface area contributed by atoms with E-state index in [1.807, 2.05) is 24.3 Å². The summed E-state index contributed by atoms with van der Waals surface area (Å²) in [5.41, 5.74) is 2.93. The molecule has 7 nitrogen and oxygen atoms in total. The number of aliphatic imine (C=N–C) groups is 1. The maximum atomic E-state index is 13.6. The van der Waals surface area contributed by atoms with E-state index in [1.54, 1.807) is 24.3 Å². The van der Waals surface area contributed by atoms with Crippen LogP contribution in [0.15, 0.2) is 82.9 Å². The fourth-order valence-corrected chi connectivity index (χ4v) is 5.17. The van der Waals surface area contributed by atoms with Crippen LogP contribution in [0.4, 0.5) is 14.5 Å². The zero-order chi connectivity index (χ0) is 25.9. The number of benzene rings is 3. The molecule has 10 heteroatoms. The van der Waals surface area contributed by atoms with E-state index in [4.69, 9.17) is 9.84 Å². The molecular formula is C27H22F2N4O3S. The number of carbonyl (C=O) groups excluding carboxylic acids is 2. The van der Waals surface area contributed by atoms with Crippen LogP contribution in [0.3, 0.4) is 0 Å². The normalized spacial score (nSPS) is 19.0. The third kappa shape index (κ3) is 5.54. The lowest BCUT2D eigenvalue weighted by Crippen LogP contribution is -2.25. The van der Waals surface area contributed by atoms with Gasteiger partial charge in [0.05, 0.1) is 18.9 Å². The fourth-order valence-electron chi connectivity index (χ4n) is 4.11. The SMILES string of the molecule is COc1ccc(C2=NN(C3=NC(=O)C(CC(=O)Nc4ccc(F)cc4)S3)C(c3ccc(F)cc3)C2)cc1. The van der Waals surface area contributed by atoms with Crippen LogP contribution in [-0.2, 0) is 9.59 Å². The van der Waals surface area contributed by atoms with Crippen molar-refractivity contribution in [2.75, 3.05) is 12.4 Å². The summed E-state index contributed by atoms with van der Waals surface area (Å²) in [5, 5.41) is 8.78. The van der Waals surface area contributed by atoms with Gasteiger partial charge in [-0.05, 0) is 71.8 Å². The molecular weight excluding hydrogens is 498 g/mol. The Kier molecular flexibility index (Phi) is 7.00. The van der Waals surface area contributed by atoms with Gasteiger partial charge in [0.2, 0.25) is 5.91 Å². The Bertz CT molecular complexity index is 1380. The van der Waals surface area contributed by atoms with Crippen molar-refractivity contribution in [2.24, 2.45) is 10.1 Å². The van der Waals surface area contributed by atoms with Crippen molar-refractivity contribution in [3.8, 4) is 5.75 Å². The van der Waals surface area contributed by atoms with Crippen LogP contribution < -0.4 is 10.1 Å². The third-order valence-electron chi connectivity index (χ3n) is 6.01. The number of hydrogen-bond donors (Lipinski definition) is 1. The standard InChI is InChI=1S/C27H22F2N4O3S/c1-36-21-12-4-16(5-13-21)22-14-23(17-2-6-18(28)7-3-17)33(32-22)27-31-26(35)24(37-27)15-25(34)30-20-10-8-19(29)9-11-20/h2-13,23-24H,14-15H2,1H3,(H,30,34). The lowest BCUT2D eigenvalue weighted by atomic mass is 9.98.